The van der Waals surface area contributed by atoms with Crippen LogP contribution in [0.25, 0.3) is 0 Å². The number of aryl methyl sites for hydroxylation is 1. The van der Waals surface area contributed by atoms with Crippen LogP contribution in [0.3, 0.4) is 0 Å². The number of fused-ring (bicyclic) bond motifs is 1. The summed E-state index contributed by atoms with van der Waals surface area (Å²) in [6, 6.07) is 13.1. The third-order valence-electron chi connectivity index (χ3n) is 3.73. The molecule has 0 spiro atoms. The molecule has 0 saturated carbocycles. The van der Waals surface area contributed by atoms with Gasteiger partial charge in [0.2, 0.25) is 0 Å². The topological polar surface area (TPSA) is 56.8 Å². The molecule has 0 aromatic heterocycles. The summed E-state index contributed by atoms with van der Waals surface area (Å²) in [7, 11) is 0. The highest BCUT2D eigenvalue weighted by atomic mass is 16.5. The predicted octanol–water partition coefficient (Wildman–Crippen LogP) is 3.43. The molecule has 1 amide bonds. The number of carbonyl (C=O) groups is 1. The Bertz CT molecular complexity index is 697. The minimum atomic E-state index is -0.218. The minimum Gasteiger partial charge on any atom is -0.490 e. The van der Waals surface area contributed by atoms with Crippen LogP contribution in [0, 0.1) is 0 Å². The Morgan fingerprint density at radius 1 is 1.08 bits per heavy atom. The number of nitrogens with one attached hydrogen (secondary N) is 1. The van der Waals surface area contributed by atoms with E-state index in [1.54, 1.807) is 18.2 Å². The number of hydrogen-bond acceptors (Lipinski definition) is 4. The lowest BCUT2D eigenvalue weighted by molar-refractivity contribution is -0.118. The maximum Gasteiger partial charge on any atom is 0.262 e. The Morgan fingerprint density at radius 2 is 1.83 bits per heavy atom. The Hall–Kier alpha value is -2.69. The summed E-state index contributed by atoms with van der Waals surface area (Å²) in [4.78, 5) is 12.0. The zero-order valence-corrected chi connectivity index (χ0v) is 13.7. The summed E-state index contributed by atoms with van der Waals surface area (Å²) >= 11 is 0. The third-order valence-corrected chi connectivity index (χ3v) is 3.73. The van der Waals surface area contributed by atoms with E-state index in [0.717, 1.165) is 12.8 Å². The highest BCUT2D eigenvalue weighted by molar-refractivity contribution is 5.92. The first-order valence-corrected chi connectivity index (χ1v) is 8.16. The van der Waals surface area contributed by atoms with Crippen LogP contribution in [0.15, 0.2) is 42.5 Å². The lowest BCUT2D eigenvalue weighted by Gasteiger charge is -2.11. The molecule has 1 heterocycles. The second-order valence-corrected chi connectivity index (χ2v) is 5.55. The van der Waals surface area contributed by atoms with Crippen LogP contribution in [0.5, 0.6) is 17.2 Å². The van der Waals surface area contributed by atoms with Crippen molar-refractivity contribution in [2.75, 3.05) is 25.1 Å². The molecular formula is C19H21NO4. The van der Waals surface area contributed by atoms with E-state index in [9.17, 15) is 4.79 Å². The van der Waals surface area contributed by atoms with Gasteiger partial charge in [-0.05, 0) is 36.2 Å². The number of hydrogen-bond donors (Lipinski definition) is 1. The molecular weight excluding hydrogens is 306 g/mol. The van der Waals surface area contributed by atoms with Gasteiger partial charge in [0, 0.05) is 18.2 Å². The van der Waals surface area contributed by atoms with Crippen molar-refractivity contribution in [3.8, 4) is 17.2 Å². The molecule has 0 radical (unpaired) electrons. The van der Waals surface area contributed by atoms with Crippen molar-refractivity contribution in [2.45, 2.75) is 19.8 Å². The molecule has 5 nitrogen and oxygen atoms in total. The van der Waals surface area contributed by atoms with Gasteiger partial charge in [0.1, 0.15) is 5.75 Å². The van der Waals surface area contributed by atoms with Gasteiger partial charge in [0.25, 0.3) is 5.91 Å². The van der Waals surface area contributed by atoms with Crippen molar-refractivity contribution in [3.63, 3.8) is 0 Å². The zero-order chi connectivity index (χ0) is 16.8. The van der Waals surface area contributed by atoms with Crippen LogP contribution >= 0.6 is 0 Å². The molecule has 2 aromatic carbocycles. The van der Waals surface area contributed by atoms with Crippen molar-refractivity contribution < 1.29 is 19.0 Å². The van der Waals surface area contributed by atoms with Gasteiger partial charge in [-0.15, -0.1) is 0 Å². The largest absolute Gasteiger partial charge is 0.490 e. The van der Waals surface area contributed by atoms with E-state index in [1.165, 1.54) is 5.56 Å². The molecule has 126 valence electrons. The average Bonchev–Trinajstić information content (AvgIpc) is 2.85. The summed E-state index contributed by atoms with van der Waals surface area (Å²) in [5, 5.41) is 2.81. The van der Waals surface area contributed by atoms with E-state index in [4.69, 9.17) is 14.2 Å². The van der Waals surface area contributed by atoms with Crippen molar-refractivity contribution in [1.29, 1.82) is 0 Å². The number of ether oxygens (including phenoxy) is 3. The highest BCUT2D eigenvalue weighted by Gasteiger charge is 2.12. The van der Waals surface area contributed by atoms with E-state index in [1.807, 2.05) is 24.3 Å². The molecule has 0 fully saturated rings. The van der Waals surface area contributed by atoms with E-state index in [2.05, 4.69) is 12.2 Å². The fourth-order valence-electron chi connectivity index (χ4n) is 2.41. The summed E-state index contributed by atoms with van der Waals surface area (Å²) in [5.74, 6) is 1.82. The molecule has 5 heteroatoms. The molecule has 0 unspecified atom stereocenters. The van der Waals surface area contributed by atoms with Crippen LogP contribution in [-0.4, -0.2) is 25.7 Å². The minimum absolute atomic E-state index is 0.0418. The number of anilines is 1. The van der Waals surface area contributed by atoms with Crippen molar-refractivity contribution in [3.05, 3.63) is 48.0 Å². The molecule has 0 bridgehead atoms. The summed E-state index contributed by atoms with van der Waals surface area (Å²) < 4.78 is 16.7. The first-order valence-electron chi connectivity index (χ1n) is 8.16. The maximum absolute atomic E-state index is 12.0. The molecule has 2 aromatic rings. The van der Waals surface area contributed by atoms with Crippen molar-refractivity contribution in [2.24, 2.45) is 0 Å². The Morgan fingerprint density at radius 3 is 2.58 bits per heavy atom. The van der Waals surface area contributed by atoms with Crippen LogP contribution < -0.4 is 19.5 Å². The van der Waals surface area contributed by atoms with Gasteiger partial charge in [0.15, 0.2) is 18.1 Å². The number of benzene rings is 2. The van der Waals surface area contributed by atoms with Gasteiger partial charge in [-0.2, -0.15) is 0 Å². The van der Waals surface area contributed by atoms with Crippen molar-refractivity contribution >= 4 is 11.6 Å². The molecule has 1 aliphatic heterocycles. The Kier molecular flexibility index (Phi) is 5.21. The monoisotopic (exact) mass is 327 g/mol. The third kappa shape index (κ3) is 4.19. The summed E-state index contributed by atoms with van der Waals surface area (Å²) in [5.41, 5.74) is 1.90. The standard InChI is InChI=1S/C19H21NO4/c1-2-14-4-7-16(8-5-14)24-13-19(21)20-15-6-9-17-18(12-15)23-11-3-10-22-17/h4-9,12H,2-3,10-11,13H2,1H3,(H,20,21). The zero-order valence-electron chi connectivity index (χ0n) is 13.7. The van der Waals surface area contributed by atoms with Crippen molar-refractivity contribution in [1.82, 2.24) is 0 Å². The van der Waals surface area contributed by atoms with Crippen LogP contribution in [-0.2, 0) is 11.2 Å². The fourth-order valence-corrected chi connectivity index (χ4v) is 2.41. The highest BCUT2D eigenvalue weighted by Crippen LogP contribution is 2.32. The molecule has 0 saturated heterocycles. The predicted molar refractivity (Wildman–Crippen MR) is 92.0 cm³/mol. The smallest absolute Gasteiger partial charge is 0.262 e. The molecule has 1 aliphatic rings. The van der Waals surface area contributed by atoms with E-state index in [0.29, 0.717) is 36.1 Å². The number of carbonyl (C=O) groups excluding carboxylic acids is 1. The summed E-state index contributed by atoms with van der Waals surface area (Å²) in [6.45, 7) is 3.31. The summed E-state index contributed by atoms with van der Waals surface area (Å²) in [6.07, 6.45) is 1.83. The van der Waals surface area contributed by atoms with Gasteiger partial charge >= 0.3 is 0 Å². The SMILES string of the molecule is CCc1ccc(OCC(=O)Nc2ccc3c(c2)OCCCO3)cc1. The Balaban J connectivity index is 1.55. The molecule has 0 atom stereocenters. The van der Waals surface area contributed by atoms with Gasteiger partial charge in [0.05, 0.1) is 13.2 Å². The number of rotatable bonds is 5. The van der Waals surface area contributed by atoms with E-state index >= 15 is 0 Å². The Labute approximate surface area is 141 Å². The molecule has 3 rings (SSSR count). The lowest BCUT2D eigenvalue weighted by atomic mass is 10.2. The van der Waals surface area contributed by atoms with Gasteiger partial charge < -0.3 is 19.5 Å². The molecule has 24 heavy (non-hydrogen) atoms. The lowest BCUT2D eigenvalue weighted by Crippen LogP contribution is -2.20. The van der Waals surface area contributed by atoms with Gasteiger partial charge in [-0.3, -0.25) is 4.79 Å². The van der Waals surface area contributed by atoms with E-state index in [-0.39, 0.29) is 12.5 Å². The first kappa shape index (κ1) is 16.2. The van der Waals surface area contributed by atoms with Crippen LogP contribution in [0.4, 0.5) is 5.69 Å². The van der Waals surface area contributed by atoms with Gasteiger partial charge in [-0.1, -0.05) is 19.1 Å². The quantitative estimate of drug-likeness (QED) is 0.914. The fraction of sp³-hybridized carbons (Fsp3) is 0.316. The van der Waals surface area contributed by atoms with E-state index < -0.39 is 0 Å². The second-order valence-electron chi connectivity index (χ2n) is 5.55. The van der Waals surface area contributed by atoms with Gasteiger partial charge in [-0.25, -0.2) is 0 Å². The maximum atomic E-state index is 12.0. The van der Waals surface area contributed by atoms with Crippen LogP contribution in [0.1, 0.15) is 18.9 Å². The first-order chi connectivity index (χ1) is 11.7. The average molecular weight is 327 g/mol. The van der Waals surface area contributed by atoms with Crippen LogP contribution in [0.2, 0.25) is 0 Å². The number of amides is 1. The molecule has 0 aliphatic carbocycles. The second kappa shape index (κ2) is 7.73. The normalized spacial score (nSPS) is 13.0. The molecule has 1 N–H and O–H groups in total.